The van der Waals surface area contributed by atoms with Crippen LogP contribution in [0.25, 0.3) is 0 Å². The SMILES string of the molecule is CCN1C(=O)CC[C@H]1OC. The Kier molecular flexibility index (Phi) is 2.27. The minimum atomic E-state index is 0.0394. The summed E-state index contributed by atoms with van der Waals surface area (Å²) in [5.41, 5.74) is 0. The van der Waals surface area contributed by atoms with Crippen molar-refractivity contribution in [3.63, 3.8) is 0 Å². The average molecular weight is 143 g/mol. The molecule has 1 amide bonds. The maximum absolute atomic E-state index is 11.0. The lowest BCUT2D eigenvalue weighted by molar-refractivity contribution is -0.134. The van der Waals surface area contributed by atoms with Gasteiger partial charge in [-0.15, -0.1) is 0 Å². The van der Waals surface area contributed by atoms with Gasteiger partial charge < -0.3 is 9.64 Å². The quantitative estimate of drug-likeness (QED) is 0.566. The van der Waals surface area contributed by atoms with E-state index in [1.165, 1.54) is 0 Å². The van der Waals surface area contributed by atoms with Gasteiger partial charge in [0, 0.05) is 26.5 Å². The van der Waals surface area contributed by atoms with Gasteiger partial charge in [-0.1, -0.05) is 0 Å². The van der Waals surface area contributed by atoms with E-state index in [-0.39, 0.29) is 12.1 Å². The van der Waals surface area contributed by atoms with Gasteiger partial charge in [0.05, 0.1) is 0 Å². The first-order valence-corrected chi connectivity index (χ1v) is 3.62. The molecule has 0 aromatic heterocycles. The lowest BCUT2D eigenvalue weighted by Gasteiger charge is -2.20. The molecular weight excluding hydrogens is 130 g/mol. The monoisotopic (exact) mass is 143 g/mol. The van der Waals surface area contributed by atoms with Crippen molar-refractivity contribution in [2.45, 2.75) is 26.0 Å². The highest BCUT2D eigenvalue weighted by Crippen LogP contribution is 2.17. The van der Waals surface area contributed by atoms with Crippen LogP contribution in [0.4, 0.5) is 0 Å². The molecule has 1 atom stereocenters. The molecule has 1 aliphatic heterocycles. The molecule has 1 aliphatic rings. The number of hydrogen-bond acceptors (Lipinski definition) is 2. The van der Waals surface area contributed by atoms with E-state index >= 15 is 0 Å². The van der Waals surface area contributed by atoms with Crippen LogP contribution in [0.5, 0.6) is 0 Å². The highest BCUT2D eigenvalue weighted by molar-refractivity contribution is 5.78. The number of hydrogen-bond donors (Lipinski definition) is 0. The molecule has 0 unspecified atom stereocenters. The van der Waals surface area contributed by atoms with E-state index in [0.717, 1.165) is 13.0 Å². The van der Waals surface area contributed by atoms with Crippen LogP contribution in [0.2, 0.25) is 0 Å². The standard InChI is InChI=1S/C7H13NO2/c1-3-8-6(9)4-5-7(8)10-2/h7H,3-5H2,1-2H3/t7-/m1/s1. The van der Waals surface area contributed by atoms with E-state index in [2.05, 4.69) is 0 Å². The lowest BCUT2D eigenvalue weighted by atomic mass is 10.3. The summed E-state index contributed by atoms with van der Waals surface area (Å²) in [6.07, 6.45) is 1.53. The van der Waals surface area contributed by atoms with Crippen LogP contribution >= 0.6 is 0 Å². The predicted molar refractivity (Wildman–Crippen MR) is 37.4 cm³/mol. The summed E-state index contributed by atoms with van der Waals surface area (Å²) in [5, 5.41) is 0. The van der Waals surface area contributed by atoms with Gasteiger partial charge in [0.15, 0.2) is 0 Å². The van der Waals surface area contributed by atoms with Gasteiger partial charge in [0.2, 0.25) is 5.91 Å². The Hall–Kier alpha value is -0.570. The Balaban J connectivity index is 2.54. The summed E-state index contributed by atoms with van der Waals surface area (Å²) in [4.78, 5) is 12.8. The fraction of sp³-hybridized carbons (Fsp3) is 0.857. The molecule has 0 N–H and O–H groups in total. The molecule has 1 saturated heterocycles. The van der Waals surface area contributed by atoms with Gasteiger partial charge in [0.25, 0.3) is 0 Å². The van der Waals surface area contributed by atoms with Crippen LogP contribution in [-0.4, -0.2) is 30.7 Å². The third-order valence-corrected chi connectivity index (χ3v) is 1.89. The van der Waals surface area contributed by atoms with Crippen LogP contribution in [0.1, 0.15) is 19.8 Å². The van der Waals surface area contributed by atoms with E-state index in [9.17, 15) is 4.79 Å². The summed E-state index contributed by atoms with van der Waals surface area (Å²) < 4.78 is 5.09. The largest absolute Gasteiger partial charge is 0.362 e. The molecule has 0 saturated carbocycles. The third kappa shape index (κ3) is 1.14. The molecule has 10 heavy (non-hydrogen) atoms. The van der Waals surface area contributed by atoms with Crippen molar-refractivity contribution in [1.82, 2.24) is 4.90 Å². The number of amides is 1. The topological polar surface area (TPSA) is 29.5 Å². The van der Waals surface area contributed by atoms with Crippen LogP contribution < -0.4 is 0 Å². The van der Waals surface area contributed by atoms with Gasteiger partial charge in [-0.3, -0.25) is 4.79 Å². The Morgan fingerprint density at radius 1 is 1.80 bits per heavy atom. The molecule has 3 heteroatoms. The highest BCUT2D eigenvalue weighted by atomic mass is 16.5. The zero-order valence-electron chi connectivity index (χ0n) is 6.46. The Labute approximate surface area is 61.0 Å². The van der Waals surface area contributed by atoms with Crippen molar-refractivity contribution < 1.29 is 9.53 Å². The molecule has 0 radical (unpaired) electrons. The maximum atomic E-state index is 11.0. The number of likely N-dealkylation sites (tertiary alicyclic amines) is 1. The molecule has 0 spiro atoms. The summed E-state index contributed by atoms with van der Waals surface area (Å²) in [6, 6.07) is 0. The Morgan fingerprint density at radius 2 is 2.50 bits per heavy atom. The number of carbonyl (C=O) groups excluding carboxylic acids is 1. The van der Waals surface area contributed by atoms with Gasteiger partial charge in [-0.2, -0.15) is 0 Å². The average Bonchev–Trinajstić information content (AvgIpc) is 2.30. The van der Waals surface area contributed by atoms with Crippen molar-refractivity contribution in [1.29, 1.82) is 0 Å². The Morgan fingerprint density at radius 3 is 2.90 bits per heavy atom. The van der Waals surface area contributed by atoms with Gasteiger partial charge in [0.1, 0.15) is 6.23 Å². The normalized spacial score (nSPS) is 26.0. The second-order valence-corrected chi connectivity index (χ2v) is 2.41. The molecule has 1 rings (SSSR count). The molecule has 3 nitrogen and oxygen atoms in total. The number of ether oxygens (including phenoxy) is 1. The van der Waals surface area contributed by atoms with Crippen molar-refractivity contribution >= 4 is 5.91 Å². The lowest BCUT2D eigenvalue weighted by Crippen LogP contribution is -2.33. The second-order valence-electron chi connectivity index (χ2n) is 2.41. The van der Waals surface area contributed by atoms with Crippen LogP contribution in [0.3, 0.4) is 0 Å². The molecule has 1 heterocycles. The number of nitrogens with zero attached hydrogens (tertiary/aromatic N) is 1. The molecule has 0 aromatic carbocycles. The molecule has 58 valence electrons. The zero-order valence-corrected chi connectivity index (χ0v) is 6.46. The molecular formula is C7H13NO2. The predicted octanol–water partition coefficient (Wildman–Crippen LogP) is 0.601. The second kappa shape index (κ2) is 3.01. The minimum Gasteiger partial charge on any atom is -0.362 e. The van der Waals surface area contributed by atoms with Crippen LogP contribution in [-0.2, 0) is 9.53 Å². The van der Waals surface area contributed by atoms with E-state index in [1.807, 2.05) is 6.92 Å². The fourth-order valence-corrected chi connectivity index (χ4v) is 1.33. The minimum absolute atomic E-state index is 0.0394. The van der Waals surface area contributed by atoms with E-state index in [1.54, 1.807) is 12.0 Å². The van der Waals surface area contributed by atoms with Crippen molar-refractivity contribution in [2.75, 3.05) is 13.7 Å². The van der Waals surface area contributed by atoms with Gasteiger partial charge in [-0.25, -0.2) is 0 Å². The van der Waals surface area contributed by atoms with Crippen molar-refractivity contribution in [3.8, 4) is 0 Å². The third-order valence-electron chi connectivity index (χ3n) is 1.89. The smallest absolute Gasteiger partial charge is 0.224 e. The molecule has 0 bridgehead atoms. The number of methoxy groups -OCH3 is 1. The molecule has 1 fully saturated rings. The molecule has 0 aromatic rings. The fourth-order valence-electron chi connectivity index (χ4n) is 1.33. The summed E-state index contributed by atoms with van der Waals surface area (Å²) >= 11 is 0. The van der Waals surface area contributed by atoms with Crippen LogP contribution in [0.15, 0.2) is 0 Å². The number of rotatable bonds is 2. The van der Waals surface area contributed by atoms with Crippen LogP contribution in [0, 0.1) is 0 Å². The van der Waals surface area contributed by atoms with Gasteiger partial charge >= 0.3 is 0 Å². The van der Waals surface area contributed by atoms with Crippen molar-refractivity contribution in [2.24, 2.45) is 0 Å². The zero-order chi connectivity index (χ0) is 7.56. The molecule has 0 aliphatic carbocycles. The number of carbonyl (C=O) groups is 1. The summed E-state index contributed by atoms with van der Waals surface area (Å²) in [5.74, 6) is 0.217. The first-order valence-electron chi connectivity index (χ1n) is 3.62. The van der Waals surface area contributed by atoms with E-state index in [4.69, 9.17) is 4.74 Å². The maximum Gasteiger partial charge on any atom is 0.224 e. The summed E-state index contributed by atoms with van der Waals surface area (Å²) in [6.45, 7) is 2.73. The van der Waals surface area contributed by atoms with Gasteiger partial charge in [-0.05, 0) is 6.92 Å². The first kappa shape index (κ1) is 7.54. The first-order chi connectivity index (χ1) is 4.79. The van der Waals surface area contributed by atoms with E-state index in [0.29, 0.717) is 6.42 Å². The Bertz CT molecular complexity index is 136. The highest BCUT2D eigenvalue weighted by Gasteiger charge is 2.28. The summed E-state index contributed by atoms with van der Waals surface area (Å²) in [7, 11) is 1.64. The van der Waals surface area contributed by atoms with Crippen molar-refractivity contribution in [3.05, 3.63) is 0 Å². The van der Waals surface area contributed by atoms with E-state index < -0.39 is 0 Å².